The Labute approximate surface area is 269 Å². The van der Waals surface area contributed by atoms with Gasteiger partial charge in [0.25, 0.3) is 0 Å². The number of aliphatic imine (C=N–C) groups is 1. The fourth-order valence-corrected chi connectivity index (χ4v) is 6.68. The molecule has 0 fully saturated rings. The predicted molar refractivity (Wildman–Crippen MR) is 192 cm³/mol. The number of allylic oxidation sites excluding steroid dienone is 4. The first kappa shape index (κ1) is 31.5. The molecule has 5 rings (SSSR count). The smallest absolute Gasteiger partial charge is 0.169 e. The van der Waals surface area contributed by atoms with Crippen molar-refractivity contribution >= 4 is 57.4 Å². The van der Waals surface area contributed by atoms with Crippen LogP contribution in [0.3, 0.4) is 0 Å². The van der Waals surface area contributed by atoms with Gasteiger partial charge >= 0.3 is 0 Å². The average molecular weight is 626 g/mol. The number of benzene rings is 2. The molecule has 0 amide bonds. The van der Waals surface area contributed by atoms with Crippen molar-refractivity contribution in [3.8, 4) is 11.5 Å². The van der Waals surface area contributed by atoms with Gasteiger partial charge in [-0.2, -0.15) is 0 Å². The highest BCUT2D eigenvalue weighted by Gasteiger charge is 2.15. The Morgan fingerprint density at radius 3 is 2.11 bits per heavy atom. The first-order chi connectivity index (χ1) is 21.6. The molecule has 0 atom stereocenters. The minimum absolute atomic E-state index is 0.722. The van der Waals surface area contributed by atoms with Crippen molar-refractivity contribution in [1.82, 2.24) is 0 Å². The van der Waals surface area contributed by atoms with Crippen LogP contribution in [0.25, 0.3) is 18.2 Å². The summed E-state index contributed by atoms with van der Waals surface area (Å²) in [5, 5.41) is 0. The van der Waals surface area contributed by atoms with Crippen LogP contribution >= 0.6 is 21.6 Å². The van der Waals surface area contributed by atoms with Gasteiger partial charge in [0.15, 0.2) is 18.9 Å². The van der Waals surface area contributed by atoms with Gasteiger partial charge in [-0.1, -0.05) is 70.7 Å². The monoisotopic (exact) mass is 625 g/mol. The zero-order valence-corrected chi connectivity index (χ0v) is 27.2. The number of anilines is 2. The van der Waals surface area contributed by atoms with E-state index in [1.165, 1.54) is 5.56 Å². The van der Waals surface area contributed by atoms with E-state index < -0.39 is 0 Å². The summed E-state index contributed by atoms with van der Waals surface area (Å²) >= 11 is 0. The first-order valence-corrected chi connectivity index (χ1v) is 17.5. The summed E-state index contributed by atoms with van der Waals surface area (Å²) in [6.07, 6.45) is 18.5. The third-order valence-corrected chi connectivity index (χ3v) is 9.81. The number of pyridine rings is 1. The molecule has 3 heterocycles. The maximum atomic E-state index is 5.83. The largest absolute Gasteiger partial charge is 0.490 e. The van der Waals surface area contributed by atoms with E-state index in [9.17, 15) is 0 Å². The van der Waals surface area contributed by atoms with Crippen LogP contribution in [-0.2, 0) is 6.54 Å². The minimum Gasteiger partial charge on any atom is -0.490 e. The molecular formula is C36H41N4O2S2+. The molecule has 8 heteroatoms. The van der Waals surface area contributed by atoms with E-state index in [0.29, 0.717) is 0 Å². The lowest BCUT2D eigenvalue weighted by molar-refractivity contribution is -0.692. The molecule has 6 nitrogen and oxygen atoms in total. The van der Waals surface area contributed by atoms with Gasteiger partial charge in [0.05, 0.1) is 30.2 Å². The van der Waals surface area contributed by atoms with Crippen molar-refractivity contribution in [3.05, 3.63) is 108 Å². The molecule has 228 valence electrons. The first-order valence-electron chi connectivity index (χ1n) is 15.0. The molecule has 0 bridgehead atoms. The van der Waals surface area contributed by atoms with E-state index >= 15 is 0 Å². The Morgan fingerprint density at radius 2 is 1.45 bits per heavy atom. The Balaban J connectivity index is 0.976. The van der Waals surface area contributed by atoms with Crippen LogP contribution in [0.4, 0.5) is 11.4 Å². The quantitative estimate of drug-likeness (QED) is 0.0665. The van der Waals surface area contributed by atoms with Crippen LogP contribution in [0, 0.1) is 0 Å². The number of fused-ring (bicyclic) bond motifs is 2. The van der Waals surface area contributed by atoms with Crippen LogP contribution in [0.15, 0.2) is 96.3 Å². The number of aryl methyl sites for hydroxylation is 1. The molecule has 2 aromatic carbocycles. The highest BCUT2D eigenvalue weighted by Crippen LogP contribution is 2.33. The molecule has 0 saturated carbocycles. The zero-order chi connectivity index (χ0) is 30.6. The normalized spacial score (nSPS) is 15.0. The summed E-state index contributed by atoms with van der Waals surface area (Å²) in [6.45, 7) is 9.01. The van der Waals surface area contributed by atoms with Crippen LogP contribution in [-0.4, -0.2) is 64.7 Å². The van der Waals surface area contributed by atoms with Gasteiger partial charge in [-0.05, 0) is 52.6 Å². The lowest BCUT2D eigenvalue weighted by Crippen LogP contribution is -2.33. The third-order valence-electron chi connectivity index (χ3n) is 7.44. The maximum absolute atomic E-state index is 5.83. The molecule has 0 aliphatic carbocycles. The molecule has 0 N–H and O–H groups in total. The summed E-state index contributed by atoms with van der Waals surface area (Å²) in [6, 6.07) is 17.0. The number of aromatic nitrogens is 1. The van der Waals surface area contributed by atoms with Crippen LogP contribution in [0.5, 0.6) is 11.5 Å². The summed E-state index contributed by atoms with van der Waals surface area (Å²) in [4.78, 5) is 9.00. The SMILES string of the molecule is C=CC(C=Cc1ccc2c(c1)OCCN2C)=CC=NCCSSCC[n+]1ccc(C=Cc2ccc3c(c2)OCCN3C)cc1. The van der Waals surface area contributed by atoms with Crippen molar-refractivity contribution in [1.29, 1.82) is 0 Å². The fraction of sp³-hybridized carbons (Fsp3) is 0.278. The van der Waals surface area contributed by atoms with Crippen molar-refractivity contribution < 1.29 is 14.0 Å². The van der Waals surface area contributed by atoms with Crippen molar-refractivity contribution in [3.63, 3.8) is 0 Å². The summed E-state index contributed by atoms with van der Waals surface area (Å²) < 4.78 is 13.9. The van der Waals surface area contributed by atoms with Crippen molar-refractivity contribution in [2.45, 2.75) is 6.54 Å². The number of likely N-dealkylation sites (N-methyl/N-ethyl adjacent to an activating group) is 2. The van der Waals surface area contributed by atoms with Crippen LogP contribution in [0.1, 0.15) is 16.7 Å². The summed E-state index contributed by atoms with van der Waals surface area (Å²) in [7, 11) is 7.96. The molecule has 2 aliphatic rings. The molecule has 44 heavy (non-hydrogen) atoms. The summed E-state index contributed by atoms with van der Waals surface area (Å²) in [5.41, 5.74) is 6.75. The molecule has 2 aliphatic heterocycles. The van der Waals surface area contributed by atoms with E-state index in [1.807, 2.05) is 40.0 Å². The van der Waals surface area contributed by atoms with Gasteiger partial charge < -0.3 is 19.3 Å². The number of rotatable bonds is 13. The van der Waals surface area contributed by atoms with Crippen LogP contribution in [0.2, 0.25) is 0 Å². The second kappa shape index (κ2) is 16.3. The second-order valence-electron chi connectivity index (χ2n) is 10.6. The fourth-order valence-electron chi connectivity index (χ4n) is 4.83. The van der Waals surface area contributed by atoms with Gasteiger partial charge in [0, 0.05) is 44.7 Å². The Morgan fingerprint density at radius 1 is 0.841 bits per heavy atom. The molecule has 0 spiro atoms. The summed E-state index contributed by atoms with van der Waals surface area (Å²) in [5.74, 6) is 3.93. The predicted octanol–water partition coefficient (Wildman–Crippen LogP) is 7.08. The maximum Gasteiger partial charge on any atom is 0.169 e. The van der Waals surface area contributed by atoms with E-state index in [1.54, 1.807) is 0 Å². The molecule has 0 unspecified atom stereocenters. The number of nitrogens with zero attached hydrogens (tertiary/aromatic N) is 4. The van der Waals surface area contributed by atoms with Gasteiger partial charge in [-0.3, -0.25) is 4.99 Å². The highest BCUT2D eigenvalue weighted by atomic mass is 33.1. The van der Waals surface area contributed by atoms with E-state index in [0.717, 1.165) is 90.5 Å². The van der Waals surface area contributed by atoms with Gasteiger partial charge in [-0.25, -0.2) is 4.57 Å². The average Bonchev–Trinajstić information content (AvgIpc) is 3.05. The van der Waals surface area contributed by atoms with Gasteiger partial charge in [0.2, 0.25) is 0 Å². The van der Waals surface area contributed by atoms with Crippen LogP contribution < -0.4 is 23.8 Å². The molecule has 0 saturated heterocycles. The lowest BCUT2D eigenvalue weighted by atomic mass is 10.1. The molecule has 1 aromatic heterocycles. The lowest BCUT2D eigenvalue weighted by Gasteiger charge is -2.27. The van der Waals surface area contributed by atoms with E-state index in [-0.39, 0.29) is 0 Å². The minimum atomic E-state index is 0.722. The van der Waals surface area contributed by atoms with Crippen molar-refractivity contribution in [2.24, 2.45) is 4.99 Å². The number of hydrogen-bond acceptors (Lipinski definition) is 7. The number of ether oxygens (including phenoxy) is 2. The van der Waals surface area contributed by atoms with Gasteiger partial charge in [0.1, 0.15) is 24.7 Å². The number of hydrogen-bond donors (Lipinski definition) is 0. The Bertz CT molecular complexity index is 1530. The third kappa shape index (κ3) is 9.07. The second-order valence-corrected chi connectivity index (χ2v) is 13.3. The highest BCUT2D eigenvalue weighted by molar-refractivity contribution is 8.76. The topological polar surface area (TPSA) is 41.2 Å². The molecule has 0 radical (unpaired) electrons. The van der Waals surface area contributed by atoms with E-state index in [2.05, 4.69) is 125 Å². The Kier molecular flexibility index (Phi) is 11.7. The standard InChI is InChI=1S/C36H41N4O2S2/c1-4-29(5-7-31-9-11-33-35(27-31)41-23-20-38(33)2)13-16-37-17-25-43-44-26-22-40-18-14-30(15-19-40)6-8-32-10-12-34-36(28-32)42-24-21-39(34)3/h4-16,18-19,27-28H,1,17,20-26H2,2-3H3/q+1. The van der Waals surface area contributed by atoms with Gasteiger partial charge in [-0.15, -0.1) is 0 Å². The Hall–Kier alpha value is -3.88. The van der Waals surface area contributed by atoms with Crippen molar-refractivity contribution in [2.75, 3.05) is 68.2 Å². The van der Waals surface area contributed by atoms with E-state index in [4.69, 9.17) is 9.47 Å². The molecule has 3 aromatic rings. The molecular weight excluding hydrogens is 585 g/mol. The zero-order valence-electron chi connectivity index (χ0n) is 25.6.